The molecule has 60 heavy (non-hydrogen) atoms. The highest BCUT2D eigenvalue weighted by molar-refractivity contribution is 5.78. The zero-order valence-electron chi connectivity index (χ0n) is 34.6. The zero-order valence-corrected chi connectivity index (χ0v) is 34.6. The molecule has 0 atom stereocenters. The molecule has 0 saturated carbocycles. The van der Waals surface area contributed by atoms with Gasteiger partial charge in [-0.05, 0) is 38.3 Å². The number of ketones is 1. The summed E-state index contributed by atoms with van der Waals surface area (Å²) in [5, 5.41) is 26.1. The molecule has 0 saturated heterocycles. The van der Waals surface area contributed by atoms with Crippen LogP contribution in [0.3, 0.4) is 0 Å². The number of unbranched alkanes of at least 4 members (excludes halogenated alkanes) is 2. The number of hydrogen-bond acceptors (Lipinski definition) is 12. The third kappa shape index (κ3) is 28.0. The molecule has 0 amide bonds. The number of nitrogens with zero attached hydrogens (tertiary/aromatic N) is 4. The van der Waals surface area contributed by atoms with Gasteiger partial charge in [0.05, 0.1) is 65.4 Å². The lowest BCUT2D eigenvalue weighted by Gasteiger charge is -2.09. The van der Waals surface area contributed by atoms with Crippen molar-refractivity contribution < 1.29 is 65.3 Å². The molecule has 3 aromatic rings. The van der Waals surface area contributed by atoms with E-state index in [-0.39, 0.29) is 38.7 Å². The van der Waals surface area contributed by atoms with Gasteiger partial charge in [0.2, 0.25) is 41.4 Å². The summed E-state index contributed by atoms with van der Waals surface area (Å²) >= 11 is 0. The van der Waals surface area contributed by atoms with E-state index in [1.54, 1.807) is 29.9 Å². The summed E-state index contributed by atoms with van der Waals surface area (Å²) in [6.45, 7) is 12.9. The standard InChI is InChI=1S/C23H30F5N3O6.C7H8O.C7H14O.C3H7NO2.CH4/c1-2-3-4-7-33-12-13-36-15-16-14-31(30-29-16)6-9-35-11-10-34-8-5-17(32)37-23-21(27)19(25)18(24)20(26)22(23)28;1-6-2-4-7(8)5-3-6;1-3-5-7(8)6-4-2;1-2-3-4(5)6;/h14H,2-13,15H2,1H3;2-5,8H,1H3;3-6H2,1-2H3;2-3H2,1H3;1H4. The number of benzene rings is 2. The first-order chi connectivity index (χ1) is 28.2. The van der Waals surface area contributed by atoms with Crippen LogP contribution in [0.5, 0.6) is 11.5 Å². The van der Waals surface area contributed by atoms with Crippen LogP contribution >= 0.6 is 0 Å². The number of phenolic OH excluding ortho intramolecular Hbond substituents is 1. The molecule has 2 aromatic carbocycles. The first-order valence-electron chi connectivity index (χ1n) is 19.5. The Kier molecular flexibility index (Phi) is 34.8. The Morgan fingerprint density at radius 1 is 0.717 bits per heavy atom. The number of carbonyl (C=O) groups excluding carboxylic acids is 2. The van der Waals surface area contributed by atoms with E-state index in [1.165, 1.54) is 5.56 Å². The normalized spacial score (nSPS) is 10.2. The van der Waals surface area contributed by atoms with E-state index in [4.69, 9.17) is 24.1 Å². The van der Waals surface area contributed by atoms with Crippen LogP contribution in [0, 0.1) is 46.1 Å². The first-order valence-corrected chi connectivity index (χ1v) is 19.5. The molecule has 0 aliphatic rings. The molecule has 0 radical (unpaired) electrons. The van der Waals surface area contributed by atoms with Crippen molar-refractivity contribution in [3.63, 3.8) is 0 Å². The smallest absolute Gasteiger partial charge is 0.313 e. The molecule has 1 heterocycles. The maximum atomic E-state index is 13.5. The van der Waals surface area contributed by atoms with Gasteiger partial charge in [0, 0.05) is 30.8 Å². The van der Waals surface area contributed by atoms with E-state index in [2.05, 4.69) is 22.0 Å². The van der Waals surface area contributed by atoms with Gasteiger partial charge in [-0.3, -0.25) is 19.7 Å². The number of halogens is 5. The molecule has 19 heteroatoms. The van der Waals surface area contributed by atoms with Crippen LogP contribution in [0.1, 0.15) is 104 Å². The molecular weight excluding hydrogens is 803 g/mol. The van der Waals surface area contributed by atoms with Gasteiger partial charge in [0.25, 0.3) is 0 Å². The molecule has 1 N–H and O–H groups in total. The number of hydrogen-bond donors (Lipinski definition) is 1. The van der Waals surface area contributed by atoms with Gasteiger partial charge in [-0.1, -0.05) is 70.9 Å². The van der Waals surface area contributed by atoms with Gasteiger partial charge in [0.15, 0.2) is 0 Å². The van der Waals surface area contributed by atoms with Crippen molar-refractivity contribution in [2.24, 2.45) is 0 Å². The van der Waals surface area contributed by atoms with Gasteiger partial charge < -0.3 is 28.8 Å². The minimum atomic E-state index is -2.34. The van der Waals surface area contributed by atoms with Crippen molar-refractivity contribution in [2.45, 2.75) is 113 Å². The molecule has 0 unspecified atom stereocenters. The molecule has 14 nitrogen and oxygen atoms in total. The number of phenols is 1. The van der Waals surface area contributed by atoms with Crippen LogP contribution in [-0.2, 0) is 41.7 Å². The number of aromatic hydroxyl groups is 1. The molecule has 0 bridgehead atoms. The van der Waals surface area contributed by atoms with Crippen molar-refractivity contribution >= 4 is 11.8 Å². The molecule has 1 aromatic heterocycles. The SMILES string of the molecule is C.CCCC(=O)CCC.CCCCCOCCOCc1cn(CCOCCOCCC(=O)Oc2c(F)c(F)c(F)c(F)c2F)nn1.CCC[N+](=O)[O-].Cc1ccc(O)cc1. The predicted octanol–water partition coefficient (Wildman–Crippen LogP) is 8.89. The van der Waals surface area contributed by atoms with Gasteiger partial charge in [-0.25, -0.2) is 17.9 Å². The van der Waals surface area contributed by atoms with Crippen LogP contribution in [0.15, 0.2) is 30.5 Å². The number of carbonyl (C=O) groups is 2. The van der Waals surface area contributed by atoms with Crippen molar-refractivity contribution in [2.75, 3.05) is 52.8 Å². The highest BCUT2D eigenvalue weighted by Crippen LogP contribution is 2.29. The fourth-order valence-corrected chi connectivity index (χ4v) is 4.25. The fraction of sp³-hybridized carbons (Fsp3) is 0.610. The van der Waals surface area contributed by atoms with Crippen molar-refractivity contribution in [1.29, 1.82) is 0 Å². The summed E-state index contributed by atoms with van der Waals surface area (Å²) in [6.07, 6.45) is 8.78. The second-order valence-electron chi connectivity index (χ2n) is 12.6. The number of nitro groups is 1. The van der Waals surface area contributed by atoms with Gasteiger partial charge >= 0.3 is 5.97 Å². The van der Waals surface area contributed by atoms with Crippen LogP contribution in [0.4, 0.5) is 22.0 Å². The van der Waals surface area contributed by atoms with E-state index in [0.717, 1.165) is 51.6 Å². The van der Waals surface area contributed by atoms with Crippen molar-refractivity contribution in [3.8, 4) is 11.5 Å². The molecule has 3 rings (SSSR count). The van der Waals surface area contributed by atoms with E-state index in [1.807, 2.05) is 32.9 Å². The minimum Gasteiger partial charge on any atom is -0.508 e. The highest BCUT2D eigenvalue weighted by atomic mass is 19.2. The largest absolute Gasteiger partial charge is 0.508 e. The van der Waals surface area contributed by atoms with E-state index in [9.17, 15) is 41.7 Å². The van der Waals surface area contributed by atoms with Crippen LogP contribution in [0.2, 0.25) is 0 Å². The number of rotatable bonds is 25. The van der Waals surface area contributed by atoms with Crippen molar-refractivity contribution in [3.05, 3.63) is 80.9 Å². The summed E-state index contributed by atoms with van der Waals surface area (Å²) in [4.78, 5) is 31.4. The summed E-state index contributed by atoms with van der Waals surface area (Å²) < 4.78 is 93.6. The van der Waals surface area contributed by atoms with Crippen LogP contribution < -0.4 is 4.74 Å². The summed E-state index contributed by atoms with van der Waals surface area (Å²) in [5.74, 6) is -13.3. The maximum absolute atomic E-state index is 13.5. The Labute approximate surface area is 349 Å². The second kappa shape index (κ2) is 36.3. The third-order valence-corrected chi connectivity index (χ3v) is 7.27. The topological polar surface area (TPSA) is 174 Å². The van der Waals surface area contributed by atoms with Gasteiger partial charge in [0.1, 0.15) is 17.2 Å². The Bertz CT molecular complexity index is 1540. The maximum Gasteiger partial charge on any atom is 0.313 e. The average molecular weight is 867 g/mol. The lowest BCUT2D eigenvalue weighted by Crippen LogP contribution is -2.16. The summed E-state index contributed by atoms with van der Waals surface area (Å²) in [6, 6.07) is 7.09. The Balaban J connectivity index is 0. The molecule has 0 fully saturated rings. The number of ether oxygens (including phenoxy) is 5. The van der Waals surface area contributed by atoms with E-state index >= 15 is 0 Å². The molecule has 0 aliphatic heterocycles. The summed E-state index contributed by atoms with van der Waals surface area (Å²) in [7, 11) is 0. The van der Waals surface area contributed by atoms with Crippen LogP contribution in [-0.4, -0.2) is 89.6 Å². The monoisotopic (exact) mass is 866 g/mol. The Hall–Kier alpha value is -4.59. The second-order valence-corrected chi connectivity index (χ2v) is 12.6. The molecule has 0 aliphatic carbocycles. The lowest BCUT2D eigenvalue weighted by atomic mass is 10.1. The number of esters is 1. The highest BCUT2D eigenvalue weighted by Gasteiger charge is 2.28. The zero-order chi connectivity index (χ0) is 44.4. The quantitative estimate of drug-likeness (QED) is 0.0125. The lowest BCUT2D eigenvalue weighted by molar-refractivity contribution is -0.479. The number of Topliss-reactive ketones (excluding diaryl/α,β-unsaturated/α-hetero) is 1. The van der Waals surface area contributed by atoms with Crippen molar-refractivity contribution in [1.82, 2.24) is 15.0 Å². The Morgan fingerprint density at radius 2 is 1.25 bits per heavy atom. The fourth-order valence-electron chi connectivity index (χ4n) is 4.25. The molecular formula is C41H63F5N4O10. The van der Waals surface area contributed by atoms with E-state index < -0.39 is 47.2 Å². The Morgan fingerprint density at radius 3 is 1.75 bits per heavy atom. The molecule has 342 valence electrons. The average Bonchev–Trinajstić information content (AvgIpc) is 3.66. The third-order valence-electron chi connectivity index (χ3n) is 7.27. The van der Waals surface area contributed by atoms with Gasteiger partial charge in [-0.2, -0.15) is 8.78 Å². The van der Waals surface area contributed by atoms with Crippen LogP contribution in [0.25, 0.3) is 0 Å². The minimum absolute atomic E-state index is 0. The number of aromatic nitrogens is 3. The first kappa shape index (κ1) is 57.5. The van der Waals surface area contributed by atoms with E-state index in [0.29, 0.717) is 56.6 Å². The predicted molar refractivity (Wildman–Crippen MR) is 215 cm³/mol. The van der Waals surface area contributed by atoms with Gasteiger partial charge in [-0.15, -0.1) is 5.10 Å². The molecule has 0 spiro atoms. The summed E-state index contributed by atoms with van der Waals surface area (Å²) in [5.41, 5.74) is 1.84. The number of aryl methyl sites for hydroxylation is 1.